The van der Waals surface area contributed by atoms with Crippen molar-refractivity contribution in [2.75, 3.05) is 24.1 Å². The molecule has 4 N–H and O–H groups in total. The Balaban J connectivity index is 1.10. The van der Waals surface area contributed by atoms with Crippen molar-refractivity contribution in [1.82, 2.24) is 19.9 Å². The molecule has 1 amide bonds. The number of hydrogen-bond acceptors (Lipinski definition) is 5. The van der Waals surface area contributed by atoms with Gasteiger partial charge in [-0.3, -0.25) is 4.79 Å². The molecule has 1 spiro atoms. The predicted octanol–water partition coefficient (Wildman–Crippen LogP) is 4.58. The number of para-hydroxylation sites is 1. The summed E-state index contributed by atoms with van der Waals surface area (Å²) in [7, 11) is 0. The van der Waals surface area contributed by atoms with Crippen LogP contribution in [0.25, 0.3) is 22.2 Å². The Morgan fingerprint density at radius 3 is 2.70 bits per heavy atom. The first kappa shape index (κ1) is 20.1. The zero-order valence-corrected chi connectivity index (χ0v) is 18.6. The van der Waals surface area contributed by atoms with E-state index < -0.39 is 0 Å². The lowest BCUT2D eigenvalue weighted by molar-refractivity contribution is -0.0493. The van der Waals surface area contributed by atoms with Crippen LogP contribution in [0.5, 0.6) is 0 Å². The van der Waals surface area contributed by atoms with Gasteiger partial charge in [-0.25, -0.2) is 9.97 Å². The SMILES string of the molecule is Nc1ccc(C(=O)N2CC3(CC(Nc4ncc(Cl)c(-c5c[nH]c6ccccc56)n4)C3)C2)cc1. The third-order valence-electron chi connectivity index (χ3n) is 6.78. The van der Waals surface area contributed by atoms with Crippen LogP contribution in [0.1, 0.15) is 23.2 Å². The van der Waals surface area contributed by atoms with Gasteiger partial charge in [0.25, 0.3) is 5.91 Å². The van der Waals surface area contributed by atoms with E-state index in [0.29, 0.717) is 27.9 Å². The Hall–Kier alpha value is -3.58. The van der Waals surface area contributed by atoms with Gasteiger partial charge in [0, 0.05) is 58.5 Å². The molecule has 0 radical (unpaired) electrons. The van der Waals surface area contributed by atoms with E-state index in [1.54, 1.807) is 30.5 Å². The second kappa shape index (κ2) is 7.49. The quantitative estimate of drug-likeness (QED) is 0.389. The standard InChI is InChI=1S/C25H23ClN6O/c26-20-12-29-24(31-22(20)19-11-28-21-4-2-1-3-18(19)21)30-17-9-25(10-17)13-32(14-25)23(33)15-5-7-16(27)8-6-15/h1-8,11-12,17,28H,9-10,13-14,27H2,(H,29,30,31). The van der Waals surface area contributed by atoms with E-state index in [1.807, 2.05) is 29.3 Å². The summed E-state index contributed by atoms with van der Waals surface area (Å²) in [6.07, 6.45) is 5.57. The molecule has 2 aromatic carbocycles. The average molecular weight is 459 g/mol. The van der Waals surface area contributed by atoms with Gasteiger partial charge >= 0.3 is 0 Å². The number of likely N-dealkylation sites (tertiary alicyclic amines) is 1. The number of nitrogens with zero attached hydrogens (tertiary/aromatic N) is 3. The highest BCUT2D eigenvalue weighted by Crippen LogP contribution is 2.49. The predicted molar refractivity (Wildman–Crippen MR) is 130 cm³/mol. The third-order valence-corrected chi connectivity index (χ3v) is 7.05. The fourth-order valence-electron chi connectivity index (χ4n) is 5.14. The second-order valence-electron chi connectivity index (χ2n) is 9.17. The molecule has 8 heteroatoms. The zero-order chi connectivity index (χ0) is 22.6. The molecule has 1 saturated heterocycles. The van der Waals surface area contributed by atoms with Crippen LogP contribution >= 0.6 is 11.6 Å². The number of rotatable bonds is 4. The fourth-order valence-corrected chi connectivity index (χ4v) is 5.33. The minimum Gasteiger partial charge on any atom is -0.399 e. The van der Waals surface area contributed by atoms with E-state index in [9.17, 15) is 4.79 Å². The lowest BCUT2D eigenvalue weighted by atomic mass is 9.60. The Morgan fingerprint density at radius 2 is 1.91 bits per heavy atom. The fraction of sp³-hybridized carbons (Fsp3) is 0.240. The summed E-state index contributed by atoms with van der Waals surface area (Å²) in [5.41, 5.74) is 9.99. The van der Waals surface area contributed by atoms with Crippen molar-refractivity contribution in [3.63, 3.8) is 0 Å². The maximum atomic E-state index is 12.6. The Kier molecular flexibility index (Phi) is 4.55. The van der Waals surface area contributed by atoms with Crippen LogP contribution in [-0.2, 0) is 0 Å². The molecule has 2 fully saturated rings. The molecule has 7 nitrogen and oxygen atoms in total. The van der Waals surface area contributed by atoms with E-state index in [1.165, 1.54) is 0 Å². The van der Waals surface area contributed by atoms with Gasteiger partial charge in [-0.2, -0.15) is 0 Å². The van der Waals surface area contributed by atoms with Crippen molar-refractivity contribution in [1.29, 1.82) is 0 Å². The number of fused-ring (bicyclic) bond motifs is 1. The number of aromatic amines is 1. The van der Waals surface area contributed by atoms with Crippen LogP contribution < -0.4 is 11.1 Å². The number of nitrogen functional groups attached to an aromatic ring is 1. The van der Waals surface area contributed by atoms with Gasteiger partial charge in [0.2, 0.25) is 5.95 Å². The second-order valence-corrected chi connectivity index (χ2v) is 9.58. The van der Waals surface area contributed by atoms with Crippen molar-refractivity contribution in [2.24, 2.45) is 5.41 Å². The molecule has 1 saturated carbocycles. The van der Waals surface area contributed by atoms with Gasteiger partial charge < -0.3 is 20.9 Å². The molecule has 1 aliphatic carbocycles. The van der Waals surface area contributed by atoms with Crippen LogP contribution in [0.3, 0.4) is 0 Å². The minimum atomic E-state index is 0.0708. The van der Waals surface area contributed by atoms with Gasteiger partial charge in [0.15, 0.2) is 0 Å². The smallest absolute Gasteiger partial charge is 0.253 e. The van der Waals surface area contributed by atoms with Crippen molar-refractivity contribution in [3.05, 3.63) is 71.5 Å². The summed E-state index contributed by atoms with van der Waals surface area (Å²) in [6, 6.07) is 15.5. The van der Waals surface area contributed by atoms with E-state index in [-0.39, 0.29) is 17.4 Å². The molecule has 4 aromatic rings. The maximum Gasteiger partial charge on any atom is 0.253 e. The third kappa shape index (κ3) is 3.49. The lowest BCUT2D eigenvalue weighted by Crippen LogP contribution is -2.66. The van der Waals surface area contributed by atoms with Gasteiger partial charge in [0.05, 0.1) is 16.9 Å². The van der Waals surface area contributed by atoms with Crippen LogP contribution in [0, 0.1) is 5.41 Å². The van der Waals surface area contributed by atoms with Gasteiger partial charge in [-0.05, 0) is 43.2 Å². The Bertz CT molecular complexity index is 1350. The van der Waals surface area contributed by atoms with Crippen LogP contribution in [0.4, 0.5) is 11.6 Å². The topological polar surface area (TPSA) is 99.9 Å². The molecule has 166 valence electrons. The number of H-pyrrole nitrogens is 1. The first-order valence-corrected chi connectivity index (χ1v) is 11.4. The Morgan fingerprint density at radius 1 is 1.15 bits per heavy atom. The lowest BCUT2D eigenvalue weighted by Gasteiger charge is -2.59. The van der Waals surface area contributed by atoms with Crippen molar-refractivity contribution in [2.45, 2.75) is 18.9 Å². The first-order chi connectivity index (χ1) is 16.0. The number of benzene rings is 2. The number of aromatic nitrogens is 3. The van der Waals surface area contributed by atoms with Crippen molar-refractivity contribution in [3.8, 4) is 11.3 Å². The number of carbonyl (C=O) groups is 1. The van der Waals surface area contributed by atoms with Crippen LogP contribution in [-0.4, -0.2) is 44.9 Å². The molecule has 3 heterocycles. The molecule has 6 rings (SSSR count). The Labute approximate surface area is 196 Å². The van der Waals surface area contributed by atoms with E-state index >= 15 is 0 Å². The number of halogens is 1. The molecule has 2 aliphatic rings. The average Bonchev–Trinajstić information content (AvgIpc) is 3.20. The molecule has 0 bridgehead atoms. The van der Waals surface area contributed by atoms with Crippen molar-refractivity contribution < 1.29 is 4.79 Å². The zero-order valence-electron chi connectivity index (χ0n) is 17.9. The van der Waals surface area contributed by atoms with Gasteiger partial charge in [0.1, 0.15) is 0 Å². The molecular formula is C25H23ClN6O. The summed E-state index contributed by atoms with van der Waals surface area (Å²) in [5.74, 6) is 0.648. The maximum absolute atomic E-state index is 12.6. The van der Waals surface area contributed by atoms with Gasteiger partial charge in [-0.15, -0.1) is 0 Å². The highest BCUT2D eigenvalue weighted by atomic mass is 35.5. The summed E-state index contributed by atoms with van der Waals surface area (Å²) in [4.78, 5) is 26.9. The highest BCUT2D eigenvalue weighted by molar-refractivity contribution is 6.33. The summed E-state index contributed by atoms with van der Waals surface area (Å²) < 4.78 is 0. The molecule has 2 aromatic heterocycles. The summed E-state index contributed by atoms with van der Waals surface area (Å²) >= 11 is 6.44. The number of nitrogens with one attached hydrogen (secondary N) is 2. The molecule has 0 unspecified atom stereocenters. The number of carbonyl (C=O) groups excluding carboxylic acids is 1. The van der Waals surface area contributed by atoms with Crippen LogP contribution in [0.15, 0.2) is 60.9 Å². The summed E-state index contributed by atoms with van der Waals surface area (Å²) in [5, 5.41) is 5.05. The number of amides is 1. The molecular weight excluding hydrogens is 436 g/mol. The van der Waals surface area contributed by atoms with E-state index in [0.717, 1.165) is 42.4 Å². The van der Waals surface area contributed by atoms with E-state index in [2.05, 4.69) is 21.4 Å². The summed E-state index contributed by atoms with van der Waals surface area (Å²) in [6.45, 7) is 1.58. The van der Waals surface area contributed by atoms with Gasteiger partial charge in [-0.1, -0.05) is 29.8 Å². The van der Waals surface area contributed by atoms with Crippen molar-refractivity contribution >= 4 is 40.0 Å². The highest BCUT2D eigenvalue weighted by Gasteiger charge is 2.53. The molecule has 1 aliphatic heterocycles. The number of nitrogens with two attached hydrogens (primary N) is 1. The monoisotopic (exact) mass is 458 g/mol. The minimum absolute atomic E-state index is 0.0708. The normalized spacial score (nSPS) is 17.1. The number of hydrogen-bond donors (Lipinski definition) is 3. The first-order valence-electron chi connectivity index (χ1n) is 11.0. The van der Waals surface area contributed by atoms with E-state index in [4.69, 9.17) is 22.3 Å². The molecule has 33 heavy (non-hydrogen) atoms. The molecule has 0 atom stereocenters. The number of anilines is 2. The largest absolute Gasteiger partial charge is 0.399 e. The van der Waals surface area contributed by atoms with Crippen LogP contribution in [0.2, 0.25) is 5.02 Å².